The van der Waals surface area contributed by atoms with Crippen molar-refractivity contribution < 1.29 is 0 Å². The Balaban J connectivity index is 0.000001000. The number of likely N-dealkylation sites (tertiary alicyclic amines) is 1. The number of nitrogens with zero attached hydrogens (tertiary/aromatic N) is 1. The molecule has 1 nitrogen and oxygen atoms in total. The molecule has 0 aromatic heterocycles. The molecule has 11 heavy (non-hydrogen) atoms. The molecule has 1 fully saturated rings. The van der Waals surface area contributed by atoms with Gasteiger partial charge in [-0.2, -0.15) is 0 Å². The van der Waals surface area contributed by atoms with Gasteiger partial charge in [-0.3, -0.25) is 0 Å². The lowest BCUT2D eigenvalue weighted by atomic mass is 9.99. The van der Waals surface area contributed by atoms with Gasteiger partial charge in [0.25, 0.3) is 0 Å². The zero-order valence-corrected chi connectivity index (χ0v) is 7.59. The van der Waals surface area contributed by atoms with Crippen molar-refractivity contribution in [2.75, 3.05) is 13.6 Å². The van der Waals surface area contributed by atoms with Gasteiger partial charge in [0.2, 0.25) is 0 Å². The third kappa shape index (κ3) is 2.48. The first-order valence-corrected chi connectivity index (χ1v) is 4.31. The summed E-state index contributed by atoms with van der Waals surface area (Å²) in [7, 11) is 2.24. The molecule has 1 saturated heterocycles. The smallest absolute Gasteiger partial charge is 0.0118 e. The maximum atomic E-state index is 2.50. The summed E-state index contributed by atoms with van der Waals surface area (Å²) in [5, 5.41) is 0. The lowest BCUT2D eigenvalue weighted by molar-refractivity contribution is 0.250. The van der Waals surface area contributed by atoms with Crippen LogP contribution in [0.15, 0.2) is 0 Å². The zero-order valence-electron chi connectivity index (χ0n) is 7.59. The van der Waals surface area contributed by atoms with Crippen molar-refractivity contribution in [2.24, 2.45) is 11.8 Å². The lowest BCUT2D eigenvalue weighted by Gasteiger charge is -2.22. The summed E-state index contributed by atoms with van der Waals surface area (Å²) < 4.78 is 0. The quantitative estimate of drug-likeness (QED) is 0.565. The maximum absolute atomic E-state index is 2.50. The molecule has 68 valence electrons. The summed E-state index contributed by atoms with van der Waals surface area (Å²) in [4.78, 5) is 2.50. The van der Waals surface area contributed by atoms with Crippen LogP contribution < -0.4 is 0 Å². The van der Waals surface area contributed by atoms with E-state index in [0.717, 1.165) is 17.9 Å². The molecule has 0 aromatic carbocycles. The molecule has 1 heterocycles. The molecule has 0 aromatic rings. The fourth-order valence-corrected chi connectivity index (χ4v) is 2.07. The Hall–Kier alpha value is -0.0400. The van der Waals surface area contributed by atoms with Crippen LogP contribution in [0.25, 0.3) is 0 Å². The third-order valence-corrected chi connectivity index (χ3v) is 2.58. The summed E-state index contributed by atoms with van der Waals surface area (Å²) in [5.41, 5.74) is 0. The fraction of sp³-hybridized carbons (Fsp3) is 1.00. The topological polar surface area (TPSA) is 3.24 Å². The van der Waals surface area contributed by atoms with E-state index in [1.807, 2.05) is 0 Å². The van der Waals surface area contributed by atoms with Crippen LogP contribution in [-0.2, 0) is 0 Å². The Morgan fingerprint density at radius 3 is 2.09 bits per heavy atom. The van der Waals surface area contributed by atoms with E-state index in [9.17, 15) is 0 Å². The molecule has 0 saturated carbocycles. The number of rotatable bonds is 1. The van der Waals surface area contributed by atoms with Gasteiger partial charge in [0.15, 0.2) is 0 Å². The van der Waals surface area contributed by atoms with E-state index in [0.29, 0.717) is 0 Å². The molecule has 0 amide bonds. The molecule has 0 radical (unpaired) electrons. The minimum atomic E-state index is 0. The average molecular weight is 157 g/mol. The predicted molar refractivity (Wildman–Crippen MR) is 51.8 cm³/mol. The SMILES string of the molecule is C.CC1CC(C(C)C)N(C)C1. The van der Waals surface area contributed by atoms with Crippen LogP contribution in [0.4, 0.5) is 0 Å². The number of hydrogen-bond donors (Lipinski definition) is 0. The first kappa shape index (κ1) is 11.0. The van der Waals surface area contributed by atoms with Gasteiger partial charge in [-0.15, -0.1) is 0 Å². The second kappa shape index (κ2) is 4.10. The van der Waals surface area contributed by atoms with E-state index < -0.39 is 0 Å². The Labute approximate surface area is 71.8 Å². The summed E-state index contributed by atoms with van der Waals surface area (Å²) >= 11 is 0. The molecule has 1 aliphatic rings. The van der Waals surface area contributed by atoms with E-state index in [4.69, 9.17) is 0 Å². The molecule has 0 spiro atoms. The van der Waals surface area contributed by atoms with Crippen molar-refractivity contribution in [3.63, 3.8) is 0 Å². The van der Waals surface area contributed by atoms with Crippen molar-refractivity contribution in [1.29, 1.82) is 0 Å². The normalized spacial score (nSPS) is 32.5. The van der Waals surface area contributed by atoms with Gasteiger partial charge in [-0.05, 0) is 25.3 Å². The summed E-state index contributed by atoms with van der Waals surface area (Å²) in [6.07, 6.45) is 1.40. The van der Waals surface area contributed by atoms with Crippen LogP contribution in [0.3, 0.4) is 0 Å². The van der Waals surface area contributed by atoms with Crippen molar-refractivity contribution in [3.05, 3.63) is 0 Å². The number of hydrogen-bond acceptors (Lipinski definition) is 1. The highest BCUT2D eigenvalue weighted by molar-refractivity contribution is 4.82. The van der Waals surface area contributed by atoms with E-state index in [1.54, 1.807) is 0 Å². The fourth-order valence-electron chi connectivity index (χ4n) is 2.07. The first-order valence-electron chi connectivity index (χ1n) is 4.31. The van der Waals surface area contributed by atoms with Gasteiger partial charge in [-0.25, -0.2) is 0 Å². The highest BCUT2D eigenvalue weighted by Crippen LogP contribution is 2.25. The third-order valence-electron chi connectivity index (χ3n) is 2.58. The van der Waals surface area contributed by atoms with Gasteiger partial charge < -0.3 is 4.90 Å². The van der Waals surface area contributed by atoms with Crippen LogP contribution in [0.2, 0.25) is 0 Å². The molecular formula is C10H23N. The van der Waals surface area contributed by atoms with Crippen LogP contribution >= 0.6 is 0 Å². The molecule has 0 N–H and O–H groups in total. The summed E-state index contributed by atoms with van der Waals surface area (Å²) in [5.74, 6) is 1.74. The lowest BCUT2D eigenvalue weighted by Crippen LogP contribution is -2.29. The second-order valence-corrected chi connectivity index (χ2v) is 4.09. The second-order valence-electron chi connectivity index (χ2n) is 4.09. The molecule has 1 heteroatoms. The van der Waals surface area contributed by atoms with E-state index >= 15 is 0 Å². The Morgan fingerprint density at radius 1 is 1.36 bits per heavy atom. The standard InChI is InChI=1S/C9H19N.CH4/c1-7(2)9-5-8(3)6-10(9)4;/h7-9H,5-6H2,1-4H3;1H4. The van der Waals surface area contributed by atoms with E-state index in [2.05, 4.69) is 32.7 Å². The van der Waals surface area contributed by atoms with Crippen molar-refractivity contribution in [2.45, 2.75) is 40.7 Å². The predicted octanol–water partition coefficient (Wildman–Crippen LogP) is 2.62. The maximum Gasteiger partial charge on any atom is 0.0118 e. The summed E-state index contributed by atoms with van der Waals surface area (Å²) in [6, 6.07) is 0.843. The van der Waals surface area contributed by atoms with Gasteiger partial charge in [0.05, 0.1) is 0 Å². The molecule has 0 bridgehead atoms. The Morgan fingerprint density at radius 2 is 1.91 bits per heavy atom. The molecule has 0 aliphatic carbocycles. The molecular weight excluding hydrogens is 134 g/mol. The monoisotopic (exact) mass is 157 g/mol. The minimum Gasteiger partial charge on any atom is -0.303 e. The molecule has 1 rings (SSSR count). The van der Waals surface area contributed by atoms with E-state index in [-0.39, 0.29) is 7.43 Å². The first-order chi connectivity index (χ1) is 4.61. The van der Waals surface area contributed by atoms with Crippen LogP contribution in [0, 0.1) is 11.8 Å². The highest BCUT2D eigenvalue weighted by Gasteiger charge is 2.28. The largest absolute Gasteiger partial charge is 0.303 e. The van der Waals surface area contributed by atoms with Gasteiger partial charge in [-0.1, -0.05) is 28.2 Å². The highest BCUT2D eigenvalue weighted by atomic mass is 15.2. The molecule has 2 atom stereocenters. The van der Waals surface area contributed by atoms with Gasteiger partial charge >= 0.3 is 0 Å². The summed E-state index contributed by atoms with van der Waals surface area (Å²) in [6.45, 7) is 8.28. The van der Waals surface area contributed by atoms with E-state index in [1.165, 1.54) is 13.0 Å². The van der Waals surface area contributed by atoms with Crippen LogP contribution in [0.1, 0.15) is 34.6 Å². The zero-order chi connectivity index (χ0) is 7.72. The molecule has 1 aliphatic heterocycles. The van der Waals surface area contributed by atoms with Gasteiger partial charge in [0, 0.05) is 12.6 Å². The van der Waals surface area contributed by atoms with Crippen molar-refractivity contribution >= 4 is 0 Å². The Kier molecular flexibility index (Phi) is 4.09. The average Bonchev–Trinajstić information content (AvgIpc) is 2.10. The molecule has 2 unspecified atom stereocenters. The minimum absolute atomic E-state index is 0. The van der Waals surface area contributed by atoms with Crippen LogP contribution in [0.5, 0.6) is 0 Å². The van der Waals surface area contributed by atoms with Crippen molar-refractivity contribution in [3.8, 4) is 0 Å². The van der Waals surface area contributed by atoms with Crippen molar-refractivity contribution in [1.82, 2.24) is 4.90 Å². The van der Waals surface area contributed by atoms with Gasteiger partial charge in [0.1, 0.15) is 0 Å². The van der Waals surface area contributed by atoms with Crippen LogP contribution in [-0.4, -0.2) is 24.5 Å². The Bertz CT molecular complexity index is 109.